The molecule has 7 nitrogen and oxygen atoms in total. The van der Waals surface area contributed by atoms with Crippen LogP contribution < -0.4 is 15.4 Å². The highest BCUT2D eigenvalue weighted by molar-refractivity contribution is 7.89. The van der Waals surface area contributed by atoms with E-state index >= 15 is 0 Å². The van der Waals surface area contributed by atoms with Crippen LogP contribution in [0.4, 0.5) is 18.9 Å². The summed E-state index contributed by atoms with van der Waals surface area (Å²) in [7, 11) is -3.93. The third-order valence-corrected chi connectivity index (χ3v) is 3.92. The minimum Gasteiger partial charge on any atom is -0.347 e. The molecule has 0 radical (unpaired) electrons. The van der Waals surface area contributed by atoms with Crippen LogP contribution in [-0.4, -0.2) is 39.5 Å². The SMILES string of the molecule is CC(=O)Nc1ccc(S(=O)(=O)NCCNC(=O)C(F)(F)F)cc1. The van der Waals surface area contributed by atoms with E-state index in [0.717, 1.165) is 0 Å². The van der Waals surface area contributed by atoms with Gasteiger partial charge < -0.3 is 10.6 Å². The van der Waals surface area contributed by atoms with Crippen LogP contribution in [0.25, 0.3) is 0 Å². The number of sulfonamides is 1. The Labute approximate surface area is 130 Å². The average molecular weight is 353 g/mol. The molecular weight excluding hydrogens is 339 g/mol. The summed E-state index contributed by atoms with van der Waals surface area (Å²) in [6.45, 7) is 0.376. The molecule has 11 heteroatoms. The van der Waals surface area contributed by atoms with Crippen LogP contribution >= 0.6 is 0 Å². The Hall–Kier alpha value is -2.14. The van der Waals surface area contributed by atoms with Crippen molar-refractivity contribution in [1.29, 1.82) is 0 Å². The second-order valence-corrected chi connectivity index (χ2v) is 6.12. The fourth-order valence-corrected chi connectivity index (χ4v) is 2.50. The molecule has 0 aliphatic heterocycles. The Bertz CT molecular complexity index is 672. The van der Waals surface area contributed by atoms with Crippen molar-refractivity contribution in [3.63, 3.8) is 0 Å². The maximum atomic E-state index is 11.9. The van der Waals surface area contributed by atoms with E-state index in [9.17, 15) is 31.2 Å². The predicted octanol–water partition coefficient (Wildman–Crippen LogP) is 0.602. The van der Waals surface area contributed by atoms with Gasteiger partial charge in [0, 0.05) is 25.7 Å². The molecule has 0 aliphatic carbocycles. The summed E-state index contributed by atoms with van der Waals surface area (Å²) in [5, 5.41) is 3.99. The van der Waals surface area contributed by atoms with Crippen LogP contribution in [-0.2, 0) is 19.6 Å². The number of halogens is 3. The molecule has 0 atom stereocenters. The third kappa shape index (κ3) is 6.24. The topological polar surface area (TPSA) is 104 Å². The molecule has 0 aliphatic rings. The highest BCUT2D eigenvalue weighted by Crippen LogP contribution is 2.14. The number of amides is 2. The van der Waals surface area contributed by atoms with Crippen molar-refractivity contribution in [2.24, 2.45) is 0 Å². The molecule has 23 heavy (non-hydrogen) atoms. The quantitative estimate of drug-likeness (QED) is 0.652. The second kappa shape index (κ2) is 7.42. The smallest absolute Gasteiger partial charge is 0.347 e. The van der Waals surface area contributed by atoms with Gasteiger partial charge in [-0.25, -0.2) is 13.1 Å². The molecule has 2 amide bonds. The number of anilines is 1. The number of benzene rings is 1. The van der Waals surface area contributed by atoms with Crippen LogP contribution in [0.5, 0.6) is 0 Å². The zero-order chi connectivity index (χ0) is 17.7. The fourth-order valence-electron chi connectivity index (χ4n) is 1.47. The van der Waals surface area contributed by atoms with Crippen molar-refractivity contribution in [2.75, 3.05) is 18.4 Å². The molecule has 0 unspecified atom stereocenters. The highest BCUT2D eigenvalue weighted by atomic mass is 32.2. The molecule has 0 saturated heterocycles. The van der Waals surface area contributed by atoms with E-state index in [1.807, 2.05) is 4.72 Å². The summed E-state index contributed by atoms with van der Waals surface area (Å²) in [6, 6.07) is 5.17. The van der Waals surface area contributed by atoms with E-state index in [2.05, 4.69) is 5.32 Å². The van der Waals surface area contributed by atoms with Gasteiger partial charge in [-0.05, 0) is 24.3 Å². The van der Waals surface area contributed by atoms with Crippen LogP contribution in [0, 0.1) is 0 Å². The summed E-state index contributed by atoms with van der Waals surface area (Å²) in [4.78, 5) is 21.2. The molecule has 1 aromatic rings. The van der Waals surface area contributed by atoms with Crippen molar-refractivity contribution in [2.45, 2.75) is 18.0 Å². The standard InChI is InChI=1S/C12H14F3N3O4S/c1-8(19)18-9-2-4-10(5-3-9)23(21,22)17-7-6-16-11(20)12(13,14)15/h2-5,17H,6-7H2,1H3,(H,16,20)(H,18,19). The number of nitrogens with one attached hydrogen (secondary N) is 3. The predicted molar refractivity (Wildman–Crippen MR) is 75.0 cm³/mol. The monoisotopic (exact) mass is 353 g/mol. The minimum absolute atomic E-state index is 0.131. The highest BCUT2D eigenvalue weighted by Gasteiger charge is 2.38. The number of alkyl halides is 3. The zero-order valence-electron chi connectivity index (χ0n) is 11.9. The molecule has 1 rings (SSSR count). The molecule has 0 aromatic heterocycles. The van der Waals surface area contributed by atoms with E-state index in [1.165, 1.54) is 36.5 Å². The van der Waals surface area contributed by atoms with Gasteiger partial charge in [-0.3, -0.25) is 9.59 Å². The Kier molecular flexibility index (Phi) is 6.10. The molecular formula is C12H14F3N3O4S. The number of rotatable bonds is 6. The van der Waals surface area contributed by atoms with E-state index in [-0.39, 0.29) is 10.8 Å². The van der Waals surface area contributed by atoms with Gasteiger partial charge in [0.25, 0.3) is 0 Å². The Morgan fingerprint density at radius 1 is 1.09 bits per heavy atom. The Morgan fingerprint density at radius 3 is 2.13 bits per heavy atom. The molecule has 0 heterocycles. The number of carbonyl (C=O) groups excluding carboxylic acids is 2. The van der Waals surface area contributed by atoms with Gasteiger partial charge in [0.2, 0.25) is 15.9 Å². The Balaban J connectivity index is 2.56. The lowest BCUT2D eigenvalue weighted by atomic mass is 10.3. The van der Waals surface area contributed by atoms with Crippen molar-refractivity contribution in [1.82, 2.24) is 10.0 Å². The first-order valence-corrected chi connectivity index (χ1v) is 7.73. The van der Waals surface area contributed by atoms with Crippen LogP contribution in [0.15, 0.2) is 29.2 Å². The fraction of sp³-hybridized carbons (Fsp3) is 0.333. The van der Waals surface area contributed by atoms with Gasteiger partial charge >= 0.3 is 12.1 Å². The van der Waals surface area contributed by atoms with E-state index < -0.39 is 35.2 Å². The summed E-state index contributed by atoms with van der Waals surface area (Å²) in [5.74, 6) is -2.46. The third-order valence-electron chi connectivity index (χ3n) is 2.45. The molecule has 3 N–H and O–H groups in total. The van der Waals surface area contributed by atoms with Crippen molar-refractivity contribution >= 4 is 27.5 Å². The van der Waals surface area contributed by atoms with Gasteiger partial charge in [-0.2, -0.15) is 13.2 Å². The maximum Gasteiger partial charge on any atom is 0.471 e. The molecule has 0 bridgehead atoms. The van der Waals surface area contributed by atoms with Gasteiger partial charge in [-0.15, -0.1) is 0 Å². The molecule has 128 valence electrons. The average Bonchev–Trinajstić information content (AvgIpc) is 2.42. The lowest BCUT2D eigenvalue weighted by Gasteiger charge is -2.10. The molecule has 0 saturated carbocycles. The van der Waals surface area contributed by atoms with Gasteiger partial charge in [0.05, 0.1) is 4.90 Å². The maximum absolute atomic E-state index is 11.9. The summed E-state index contributed by atoms with van der Waals surface area (Å²) >= 11 is 0. The van der Waals surface area contributed by atoms with Crippen molar-refractivity contribution in [3.8, 4) is 0 Å². The van der Waals surface area contributed by atoms with Crippen LogP contribution in [0.3, 0.4) is 0 Å². The molecule has 0 spiro atoms. The first kappa shape index (κ1) is 18.9. The normalized spacial score (nSPS) is 11.8. The Morgan fingerprint density at radius 2 is 1.65 bits per heavy atom. The first-order chi connectivity index (χ1) is 10.5. The summed E-state index contributed by atoms with van der Waals surface area (Å²) < 4.78 is 61.6. The number of hydrogen-bond acceptors (Lipinski definition) is 4. The lowest BCUT2D eigenvalue weighted by molar-refractivity contribution is -0.173. The summed E-state index contributed by atoms with van der Waals surface area (Å²) in [5.41, 5.74) is 0.397. The van der Waals surface area contributed by atoms with Gasteiger partial charge in [0.1, 0.15) is 0 Å². The zero-order valence-corrected chi connectivity index (χ0v) is 12.7. The van der Waals surface area contributed by atoms with Crippen molar-refractivity contribution in [3.05, 3.63) is 24.3 Å². The molecule has 0 fully saturated rings. The summed E-state index contributed by atoms with van der Waals surface area (Å²) in [6.07, 6.45) is -5.02. The first-order valence-electron chi connectivity index (χ1n) is 6.25. The van der Waals surface area contributed by atoms with Crippen molar-refractivity contribution < 1.29 is 31.2 Å². The van der Waals surface area contributed by atoms with E-state index in [0.29, 0.717) is 5.69 Å². The van der Waals surface area contributed by atoms with Crippen LogP contribution in [0.1, 0.15) is 6.92 Å². The second-order valence-electron chi connectivity index (χ2n) is 4.36. The van der Waals surface area contributed by atoms with Crippen LogP contribution in [0.2, 0.25) is 0 Å². The van der Waals surface area contributed by atoms with E-state index in [4.69, 9.17) is 0 Å². The number of carbonyl (C=O) groups is 2. The number of hydrogen-bond donors (Lipinski definition) is 3. The molecule has 1 aromatic carbocycles. The van der Waals surface area contributed by atoms with Gasteiger partial charge in [0.15, 0.2) is 0 Å². The minimum atomic E-state index is -5.02. The lowest BCUT2D eigenvalue weighted by Crippen LogP contribution is -2.41. The van der Waals surface area contributed by atoms with Gasteiger partial charge in [-0.1, -0.05) is 0 Å². The largest absolute Gasteiger partial charge is 0.471 e. The van der Waals surface area contributed by atoms with E-state index in [1.54, 1.807) is 0 Å².